The average Bonchev–Trinajstić information content (AvgIpc) is 2.81. The van der Waals surface area contributed by atoms with E-state index < -0.39 is 11.1 Å². The predicted octanol–water partition coefficient (Wildman–Crippen LogP) is 3.26. The summed E-state index contributed by atoms with van der Waals surface area (Å²) in [4.78, 5) is 23.5. The van der Waals surface area contributed by atoms with E-state index in [0.29, 0.717) is 30.2 Å². The molecule has 1 atom stereocenters. The highest BCUT2D eigenvalue weighted by molar-refractivity contribution is 7.78. The zero-order chi connectivity index (χ0) is 22.5. The van der Waals surface area contributed by atoms with Gasteiger partial charge in [-0.1, -0.05) is 6.07 Å². The van der Waals surface area contributed by atoms with Crippen LogP contribution in [0.25, 0.3) is 11.1 Å². The van der Waals surface area contributed by atoms with Crippen LogP contribution in [-0.4, -0.2) is 50.9 Å². The number of aromatic nitrogens is 2. The Morgan fingerprint density at radius 1 is 1.12 bits per heavy atom. The molecule has 0 saturated carbocycles. The number of benzene rings is 1. The van der Waals surface area contributed by atoms with E-state index >= 15 is 0 Å². The molecule has 0 bridgehead atoms. The number of rotatable bonds is 6. The summed E-state index contributed by atoms with van der Waals surface area (Å²) in [6.07, 6.45) is 3.26. The zero-order valence-corrected chi connectivity index (χ0v) is 18.5. The van der Waals surface area contributed by atoms with E-state index in [1.54, 1.807) is 12.3 Å². The molecule has 0 aliphatic carbocycles. The standard InChI is InChI=1S/C23H24N4O4S/c1-16-2-3-19(26-23(28)18-5-6-24-20(12-18)15-32(29)30)14-21(16)17-4-7-25-22(13-17)27-8-10-31-11-9-27/h2-7,12-14H,8-11,15H2,1H3,(H,26,28)(H,29,30). The van der Waals surface area contributed by atoms with Crippen molar-refractivity contribution in [1.29, 1.82) is 0 Å². The van der Waals surface area contributed by atoms with Crippen molar-refractivity contribution in [2.24, 2.45) is 0 Å². The van der Waals surface area contributed by atoms with Gasteiger partial charge in [-0.3, -0.25) is 9.78 Å². The molecule has 166 valence electrons. The van der Waals surface area contributed by atoms with Crippen LogP contribution in [0.15, 0.2) is 54.9 Å². The number of anilines is 2. The normalized spacial score (nSPS) is 14.8. The van der Waals surface area contributed by atoms with Crippen LogP contribution in [0, 0.1) is 6.92 Å². The summed E-state index contributed by atoms with van der Waals surface area (Å²) < 4.78 is 25.5. The number of nitrogens with one attached hydrogen (secondary N) is 1. The topological polar surface area (TPSA) is 105 Å². The lowest BCUT2D eigenvalue weighted by Gasteiger charge is -2.28. The molecule has 3 heterocycles. The molecule has 3 aromatic rings. The summed E-state index contributed by atoms with van der Waals surface area (Å²) in [6, 6.07) is 12.9. The van der Waals surface area contributed by atoms with Crippen molar-refractivity contribution in [3.8, 4) is 11.1 Å². The number of hydrogen-bond donors (Lipinski definition) is 2. The summed E-state index contributed by atoms with van der Waals surface area (Å²) in [5.74, 6) is 0.477. The highest BCUT2D eigenvalue weighted by atomic mass is 32.2. The van der Waals surface area contributed by atoms with Crippen LogP contribution in [-0.2, 0) is 21.6 Å². The maximum Gasteiger partial charge on any atom is 0.255 e. The average molecular weight is 453 g/mol. The van der Waals surface area contributed by atoms with Crippen LogP contribution in [0.3, 0.4) is 0 Å². The number of nitrogens with zero attached hydrogens (tertiary/aromatic N) is 3. The Morgan fingerprint density at radius 2 is 1.91 bits per heavy atom. The van der Waals surface area contributed by atoms with Crippen LogP contribution in [0.4, 0.5) is 11.5 Å². The lowest BCUT2D eigenvalue weighted by atomic mass is 10.0. The molecule has 1 amide bonds. The first-order chi connectivity index (χ1) is 15.5. The Morgan fingerprint density at radius 3 is 2.69 bits per heavy atom. The van der Waals surface area contributed by atoms with E-state index in [1.807, 2.05) is 31.2 Å². The number of carbonyl (C=O) groups is 1. The third-order valence-corrected chi connectivity index (χ3v) is 5.78. The lowest BCUT2D eigenvalue weighted by molar-refractivity contribution is 0.102. The molecule has 0 spiro atoms. The van der Waals surface area contributed by atoms with Crippen molar-refractivity contribution < 1.29 is 18.3 Å². The quantitative estimate of drug-likeness (QED) is 0.553. The monoisotopic (exact) mass is 452 g/mol. The molecule has 8 nitrogen and oxygen atoms in total. The number of pyridine rings is 2. The van der Waals surface area contributed by atoms with Gasteiger partial charge in [0.2, 0.25) is 0 Å². The third-order valence-electron chi connectivity index (χ3n) is 5.24. The van der Waals surface area contributed by atoms with E-state index in [2.05, 4.69) is 26.3 Å². The summed E-state index contributed by atoms with van der Waals surface area (Å²) in [6.45, 7) is 5.03. The van der Waals surface area contributed by atoms with Gasteiger partial charge in [0.25, 0.3) is 5.91 Å². The molecule has 1 aliphatic rings. The number of carbonyl (C=O) groups excluding carboxylic acids is 1. The van der Waals surface area contributed by atoms with Gasteiger partial charge in [-0.2, -0.15) is 0 Å². The first kappa shape index (κ1) is 22.1. The Bertz CT molecular complexity index is 1150. The number of ether oxygens (including phenoxy) is 1. The molecule has 9 heteroatoms. The van der Waals surface area contributed by atoms with Gasteiger partial charge in [0.15, 0.2) is 11.1 Å². The summed E-state index contributed by atoms with van der Waals surface area (Å²) in [5, 5.41) is 2.91. The Labute approximate surface area is 188 Å². The van der Waals surface area contributed by atoms with Crippen molar-refractivity contribution in [1.82, 2.24) is 9.97 Å². The summed E-state index contributed by atoms with van der Waals surface area (Å²) in [7, 11) is 0. The fraction of sp³-hybridized carbons (Fsp3) is 0.261. The van der Waals surface area contributed by atoms with Gasteiger partial charge >= 0.3 is 0 Å². The summed E-state index contributed by atoms with van der Waals surface area (Å²) in [5.41, 5.74) is 4.53. The highest BCUT2D eigenvalue weighted by Crippen LogP contribution is 2.29. The van der Waals surface area contributed by atoms with Gasteiger partial charge in [-0.25, -0.2) is 9.19 Å². The van der Waals surface area contributed by atoms with Crippen molar-refractivity contribution in [2.45, 2.75) is 12.7 Å². The molecule has 2 N–H and O–H groups in total. The largest absolute Gasteiger partial charge is 0.378 e. The minimum atomic E-state index is -2.02. The van der Waals surface area contributed by atoms with Crippen molar-refractivity contribution in [3.05, 3.63) is 71.7 Å². The summed E-state index contributed by atoms with van der Waals surface area (Å²) >= 11 is -2.02. The first-order valence-electron chi connectivity index (χ1n) is 10.2. The van der Waals surface area contributed by atoms with Crippen LogP contribution in [0.5, 0.6) is 0 Å². The first-order valence-corrected chi connectivity index (χ1v) is 11.5. The second-order valence-corrected chi connectivity index (χ2v) is 8.42. The second kappa shape index (κ2) is 9.99. The molecule has 1 aliphatic heterocycles. The predicted molar refractivity (Wildman–Crippen MR) is 124 cm³/mol. The van der Waals surface area contributed by atoms with Crippen LogP contribution >= 0.6 is 0 Å². The SMILES string of the molecule is Cc1ccc(NC(=O)c2ccnc(CS(=O)O)c2)cc1-c1ccnc(N2CCOCC2)c1. The van der Waals surface area contributed by atoms with Gasteiger partial charge in [-0.05, 0) is 60.0 Å². The molecule has 4 rings (SSSR count). The lowest BCUT2D eigenvalue weighted by Crippen LogP contribution is -2.36. The van der Waals surface area contributed by atoms with E-state index in [9.17, 15) is 9.00 Å². The van der Waals surface area contributed by atoms with Gasteiger partial charge in [0.05, 0.1) is 24.7 Å². The Balaban J connectivity index is 1.56. The van der Waals surface area contributed by atoms with Crippen molar-refractivity contribution >= 4 is 28.5 Å². The van der Waals surface area contributed by atoms with Crippen molar-refractivity contribution in [3.63, 3.8) is 0 Å². The Kier molecular flexibility index (Phi) is 6.89. The molecular weight excluding hydrogens is 428 g/mol. The number of morpholine rings is 1. The molecule has 1 aromatic carbocycles. The fourth-order valence-electron chi connectivity index (χ4n) is 3.59. The van der Waals surface area contributed by atoms with Crippen LogP contribution in [0.1, 0.15) is 21.6 Å². The zero-order valence-electron chi connectivity index (χ0n) is 17.7. The molecule has 32 heavy (non-hydrogen) atoms. The molecule has 0 radical (unpaired) electrons. The van der Waals surface area contributed by atoms with E-state index in [4.69, 9.17) is 9.29 Å². The number of aryl methyl sites for hydroxylation is 1. The smallest absolute Gasteiger partial charge is 0.255 e. The third kappa shape index (κ3) is 5.37. The second-order valence-electron chi connectivity index (χ2n) is 7.49. The highest BCUT2D eigenvalue weighted by Gasteiger charge is 2.14. The number of hydrogen-bond acceptors (Lipinski definition) is 6. The molecule has 1 saturated heterocycles. The van der Waals surface area contributed by atoms with Gasteiger partial charge in [0.1, 0.15) is 5.82 Å². The van der Waals surface area contributed by atoms with E-state index in [0.717, 1.165) is 35.6 Å². The maximum atomic E-state index is 12.7. The van der Waals surface area contributed by atoms with E-state index in [1.165, 1.54) is 12.3 Å². The van der Waals surface area contributed by atoms with Crippen molar-refractivity contribution in [2.75, 3.05) is 36.5 Å². The number of amides is 1. The van der Waals surface area contributed by atoms with Crippen LogP contribution < -0.4 is 10.2 Å². The molecule has 1 fully saturated rings. The molecule has 1 unspecified atom stereocenters. The van der Waals surface area contributed by atoms with Crippen LogP contribution in [0.2, 0.25) is 0 Å². The van der Waals surface area contributed by atoms with Gasteiger partial charge in [-0.15, -0.1) is 0 Å². The minimum Gasteiger partial charge on any atom is -0.378 e. The van der Waals surface area contributed by atoms with Gasteiger partial charge < -0.3 is 19.5 Å². The molecule has 2 aromatic heterocycles. The maximum absolute atomic E-state index is 12.7. The fourth-order valence-corrected chi connectivity index (χ4v) is 4.00. The molecular formula is C23H24N4O4S. The van der Waals surface area contributed by atoms with E-state index in [-0.39, 0.29) is 11.7 Å². The van der Waals surface area contributed by atoms with Gasteiger partial charge in [0, 0.05) is 36.7 Å². The minimum absolute atomic E-state index is 0.122. The Hall–Kier alpha value is -3.14.